The van der Waals surface area contributed by atoms with E-state index in [1.165, 1.54) is 5.56 Å². The highest BCUT2D eigenvalue weighted by molar-refractivity contribution is 5.90. The Labute approximate surface area is 172 Å². The van der Waals surface area contributed by atoms with Gasteiger partial charge in [0, 0.05) is 18.5 Å². The van der Waals surface area contributed by atoms with Crippen molar-refractivity contribution in [1.82, 2.24) is 9.97 Å². The average molecular weight is 391 g/mol. The van der Waals surface area contributed by atoms with Crippen LogP contribution in [0, 0.1) is 5.92 Å². The van der Waals surface area contributed by atoms with Gasteiger partial charge >= 0.3 is 0 Å². The average Bonchev–Trinajstić information content (AvgIpc) is 2.78. The molecule has 0 amide bonds. The predicted octanol–water partition coefficient (Wildman–Crippen LogP) is 4.27. The van der Waals surface area contributed by atoms with Crippen molar-refractivity contribution >= 4 is 22.7 Å². The fourth-order valence-corrected chi connectivity index (χ4v) is 4.07. The summed E-state index contributed by atoms with van der Waals surface area (Å²) in [6.45, 7) is 4.11. The number of aromatic nitrogens is 2. The number of nitrogens with one attached hydrogen (secondary N) is 1. The maximum atomic E-state index is 9.61. The van der Waals surface area contributed by atoms with Gasteiger partial charge < -0.3 is 15.3 Å². The van der Waals surface area contributed by atoms with Crippen molar-refractivity contribution in [1.29, 1.82) is 0 Å². The highest BCUT2D eigenvalue weighted by atomic mass is 16.3. The van der Waals surface area contributed by atoms with Crippen LogP contribution in [-0.2, 0) is 6.42 Å². The summed E-state index contributed by atoms with van der Waals surface area (Å²) in [6.07, 6.45) is 4.30. The first-order chi connectivity index (χ1) is 14.3. The topological polar surface area (TPSA) is 61.3 Å². The molecule has 3 aromatic rings. The normalized spacial score (nSPS) is 16.1. The molecule has 2 heterocycles. The van der Waals surface area contributed by atoms with Gasteiger partial charge in [0.25, 0.3) is 0 Å². The Hall–Kier alpha value is -2.66. The molecule has 1 aromatic heterocycles. The Kier molecular flexibility index (Phi) is 6.25. The molecule has 1 fully saturated rings. The minimum Gasteiger partial charge on any atom is -0.394 e. The molecule has 152 valence electrons. The first kappa shape index (κ1) is 19.6. The van der Waals surface area contributed by atoms with Crippen LogP contribution >= 0.6 is 0 Å². The number of hydrogen-bond acceptors (Lipinski definition) is 5. The molecule has 2 N–H and O–H groups in total. The first-order valence-electron chi connectivity index (χ1n) is 10.7. The van der Waals surface area contributed by atoms with Crippen LogP contribution in [0.4, 0.5) is 11.8 Å². The molecular formula is C24H30N4O. The molecule has 1 saturated heterocycles. The van der Waals surface area contributed by atoms with Gasteiger partial charge in [-0.3, -0.25) is 0 Å². The smallest absolute Gasteiger partial charge is 0.227 e. The molecule has 29 heavy (non-hydrogen) atoms. The van der Waals surface area contributed by atoms with Crippen LogP contribution in [0.3, 0.4) is 0 Å². The maximum Gasteiger partial charge on any atom is 0.227 e. The standard InChI is InChI=1S/C24H30N4O/c1-2-20(17-29)25-23-21-10-6-7-11-22(21)26-24(27-23)28-14-12-19(13-15-28)16-18-8-4-3-5-9-18/h3-11,19-20,29H,2,12-17H2,1H3,(H,25,26,27). The lowest BCUT2D eigenvalue weighted by atomic mass is 9.90. The highest BCUT2D eigenvalue weighted by Crippen LogP contribution is 2.28. The molecule has 4 rings (SSSR count). The SMILES string of the molecule is CCC(CO)Nc1nc(N2CCC(Cc3ccccc3)CC2)nc2ccccc12. The van der Waals surface area contributed by atoms with Gasteiger partial charge in [-0.15, -0.1) is 0 Å². The number of aliphatic hydroxyl groups excluding tert-OH is 1. The lowest BCUT2D eigenvalue weighted by molar-refractivity contribution is 0.271. The van der Waals surface area contributed by atoms with Crippen molar-refractivity contribution in [2.75, 3.05) is 29.9 Å². The molecule has 5 nitrogen and oxygen atoms in total. The highest BCUT2D eigenvalue weighted by Gasteiger charge is 2.22. The van der Waals surface area contributed by atoms with Crippen LogP contribution in [0.5, 0.6) is 0 Å². The van der Waals surface area contributed by atoms with Crippen molar-refractivity contribution in [2.24, 2.45) is 5.92 Å². The van der Waals surface area contributed by atoms with E-state index in [0.29, 0.717) is 5.92 Å². The van der Waals surface area contributed by atoms with E-state index in [9.17, 15) is 5.11 Å². The minimum absolute atomic E-state index is 0.00207. The molecule has 1 unspecified atom stereocenters. The number of benzene rings is 2. The van der Waals surface area contributed by atoms with E-state index in [-0.39, 0.29) is 12.6 Å². The quantitative estimate of drug-likeness (QED) is 0.631. The van der Waals surface area contributed by atoms with Crippen LogP contribution in [0.25, 0.3) is 10.9 Å². The molecule has 5 heteroatoms. The van der Waals surface area contributed by atoms with Gasteiger partial charge in [-0.05, 0) is 49.3 Å². The van der Waals surface area contributed by atoms with Crippen LogP contribution in [0.2, 0.25) is 0 Å². The lowest BCUT2D eigenvalue weighted by Crippen LogP contribution is -2.35. The Morgan fingerprint density at radius 2 is 1.76 bits per heavy atom. The Morgan fingerprint density at radius 3 is 2.48 bits per heavy atom. The molecule has 0 saturated carbocycles. The van der Waals surface area contributed by atoms with Gasteiger partial charge in [-0.1, -0.05) is 49.4 Å². The summed E-state index contributed by atoms with van der Waals surface area (Å²) in [4.78, 5) is 12.0. The predicted molar refractivity (Wildman–Crippen MR) is 119 cm³/mol. The summed E-state index contributed by atoms with van der Waals surface area (Å²) < 4.78 is 0. The third kappa shape index (κ3) is 4.67. The second-order valence-electron chi connectivity index (χ2n) is 7.94. The van der Waals surface area contributed by atoms with Crippen LogP contribution in [-0.4, -0.2) is 40.8 Å². The number of nitrogens with zero attached hydrogens (tertiary/aromatic N) is 3. The third-order valence-corrected chi connectivity index (χ3v) is 5.91. The van der Waals surface area contributed by atoms with Crippen LogP contribution in [0.15, 0.2) is 54.6 Å². The zero-order valence-corrected chi connectivity index (χ0v) is 17.1. The second-order valence-corrected chi connectivity index (χ2v) is 7.94. The number of para-hydroxylation sites is 1. The molecule has 2 aromatic carbocycles. The molecule has 0 bridgehead atoms. The van der Waals surface area contributed by atoms with Crippen molar-refractivity contribution in [2.45, 2.75) is 38.6 Å². The Balaban J connectivity index is 1.50. The second kappa shape index (κ2) is 9.23. The first-order valence-corrected chi connectivity index (χ1v) is 10.7. The summed E-state index contributed by atoms with van der Waals surface area (Å²) in [7, 11) is 0. The number of rotatable bonds is 7. The van der Waals surface area contributed by atoms with Crippen LogP contribution < -0.4 is 10.2 Å². The van der Waals surface area contributed by atoms with E-state index in [1.54, 1.807) is 0 Å². The molecule has 1 atom stereocenters. The summed E-state index contributed by atoms with van der Waals surface area (Å²) in [6, 6.07) is 18.9. The van der Waals surface area contributed by atoms with Crippen molar-refractivity contribution in [3.8, 4) is 0 Å². The van der Waals surface area contributed by atoms with E-state index in [2.05, 4.69) is 47.5 Å². The fourth-order valence-electron chi connectivity index (χ4n) is 4.07. The van der Waals surface area contributed by atoms with Gasteiger partial charge in [-0.2, -0.15) is 4.98 Å². The van der Waals surface area contributed by atoms with Gasteiger partial charge in [-0.25, -0.2) is 4.98 Å². The summed E-state index contributed by atoms with van der Waals surface area (Å²) in [5, 5.41) is 14.0. The van der Waals surface area contributed by atoms with Crippen molar-refractivity contribution < 1.29 is 5.11 Å². The summed E-state index contributed by atoms with van der Waals surface area (Å²) in [5.74, 6) is 2.32. The van der Waals surface area contributed by atoms with E-state index >= 15 is 0 Å². The molecule has 0 spiro atoms. The largest absolute Gasteiger partial charge is 0.394 e. The van der Waals surface area contributed by atoms with Gasteiger partial charge in [0.05, 0.1) is 18.2 Å². The van der Waals surface area contributed by atoms with Crippen LogP contribution in [0.1, 0.15) is 31.7 Å². The molecular weight excluding hydrogens is 360 g/mol. The Morgan fingerprint density at radius 1 is 1.03 bits per heavy atom. The van der Waals surface area contributed by atoms with Crippen molar-refractivity contribution in [3.05, 3.63) is 60.2 Å². The maximum absolute atomic E-state index is 9.61. The fraction of sp³-hybridized carbons (Fsp3) is 0.417. The molecule has 1 aliphatic rings. The van der Waals surface area contributed by atoms with Gasteiger partial charge in [0.2, 0.25) is 5.95 Å². The van der Waals surface area contributed by atoms with E-state index in [4.69, 9.17) is 9.97 Å². The zero-order chi connectivity index (χ0) is 20.1. The minimum atomic E-state index is -0.00207. The Bertz CT molecular complexity index is 919. The molecule has 0 radical (unpaired) electrons. The monoisotopic (exact) mass is 390 g/mol. The van der Waals surface area contributed by atoms with E-state index in [0.717, 1.165) is 61.4 Å². The van der Waals surface area contributed by atoms with Gasteiger partial charge in [0.1, 0.15) is 5.82 Å². The number of fused-ring (bicyclic) bond motifs is 1. The zero-order valence-electron chi connectivity index (χ0n) is 17.1. The van der Waals surface area contributed by atoms with Crippen molar-refractivity contribution in [3.63, 3.8) is 0 Å². The number of hydrogen-bond donors (Lipinski definition) is 2. The lowest BCUT2D eigenvalue weighted by Gasteiger charge is -2.32. The van der Waals surface area contributed by atoms with E-state index in [1.807, 2.05) is 24.3 Å². The number of anilines is 2. The summed E-state index contributed by atoms with van der Waals surface area (Å²) in [5.41, 5.74) is 2.37. The number of piperidine rings is 1. The molecule has 0 aliphatic carbocycles. The molecule has 1 aliphatic heterocycles. The summed E-state index contributed by atoms with van der Waals surface area (Å²) >= 11 is 0. The van der Waals surface area contributed by atoms with E-state index < -0.39 is 0 Å². The number of aliphatic hydroxyl groups is 1. The van der Waals surface area contributed by atoms with Gasteiger partial charge in [0.15, 0.2) is 0 Å². The third-order valence-electron chi connectivity index (χ3n) is 5.91.